The second kappa shape index (κ2) is 7.01. The van der Waals surface area contributed by atoms with Gasteiger partial charge >= 0.3 is 0 Å². The first kappa shape index (κ1) is 15.2. The molecule has 0 atom stereocenters. The van der Waals surface area contributed by atoms with Gasteiger partial charge in [-0.2, -0.15) is 0 Å². The van der Waals surface area contributed by atoms with E-state index in [9.17, 15) is 10.1 Å². The summed E-state index contributed by atoms with van der Waals surface area (Å²) in [5.41, 5.74) is 1.44. The summed E-state index contributed by atoms with van der Waals surface area (Å²) in [4.78, 5) is 14.6. The molecular formula is C14H14ClN3O3. The number of benzene rings is 1. The van der Waals surface area contributed by atoms with Crippen LogP contribution in [0.15, 0.2) is 36.5 Å². The lowest BCUT2D eigenvalue weighted by molar-refractivity contribution is -0.385. The minimum absolute atomic E-state index is 0.0165. The first-order valence-electron chi connectivity index (χ1n) is 6.23. The van der Waals surface area contributed by atoms with Crippen LogP contribution in [-0.2, 0) is 13.1 Å². The molecule has 1 aromatic carbocycles. The fraction of sp³-hybridized carbons (Fsp3) is 0.214. The van der Waals surface area contributed by atoms with Crippen molar-refractivity contribution in [1.82, 2.24) is 10.3 Å². The predicted molar refractivity (Wildman–Crippen MR) is 79.4 cm³/mol. The standard InChI is InChI=1S/C14H14ClN3O3/c1-21-14-6-5-10(8-17-14)7-16-9-11-12(15)3-2-4-13(11)18(19)20/h2-6,8,16H,7,9H2,1H3. The Hall–Kier alpha value is -2.18. The van der Waals surface area contributed by atoms with Crippen molar-refractivity contribution < 1.29 is 9.66 Å². The lowest BCUT2D eigenvalue weighted by Gasteiger charge is -2.08. The Morgan fingerprint density at radius 1 is 1.33 bits per heavy atom. The molecule has 1 heterocycles. The van der Waals surface area contributed by atoms with E-state index in [2.05, 4.69) is 10.3 Å². The van der Waals surface area contributed by atoms with Crippen LogP contribution < -0.4 is 10.1 Å². The van der Waals surface area contributed by atoms with E-state index >= 15 is 0 Å². The molecule has 2 aromatic rings. The van der Waals surface area contributed by atoms with Crippen molar-refractivity contribution in [1.29, 1.82) is 0 Å². The third kappa shape index (κ3) is 3.90. The number of nitrogens with zero attached hydrogens (tertiary/aromatic N) is 2. The second-order valence-corrected chi connectivity index (χ2v) is 4.71. The van der Waals surface area contributed by atoms with Gasteiger partial charge in [-0.05, 0) is 11.6 Å². The zero-order chi connectivity index (χ0) is 15.2. The average molecular weight is 308 g/mol. The molecule has 1 aromatic heterocycles. The maximum absolute atomic E-state index is 11.0. The Labute approximate surface area is 126 Å². The lowest BCUT2D eigenvalue weighted by atomic mass is 10.1. The van der Waals surface area contributed by atoms with Gasteiger partial charge in [0.05, 0.1) is 22.6 Å². The van der Waals surface area contributed by atoms with Gasteiger partial charge in [0.25, 0.3) is 5.69 Å². The molecule has 2 rings (SSSR count). The van der Waals surface area contributed by atoms with E-state index in [-0.39, 0.29) is 5.69 Å². The monoisotopic (exact) mass is 307 g/mol. The van der Waals surface area contributed by atoms with Gasteiger partial charge in [-0.1, -0.05) is 23.7 Å². The van der Waals surface area contributed by atoms with Crippen LogP contribution in [0.4, 0.5) is 5.69 Å². The number of pyridine rings is 1. The summed E-state index contributed by atoms with van der Waals surface area (Å²) in [5.74, 6) is 0.542. The quantitative estimate of drug-likeness (QED) is 0.656. The predicted octanol–water partition coefficient (Wildman–Crippen LogP) is 2.94. The number of rotatable bonds is 6. The second-order valence-electron chi connectivity index (χ2n) is 4.31. The maximum Gasteiger partial charge on any atom is 0.275 e. The summed E-state index contributed by atoms with van der Waals surface area (Å²) in [6, 6.07) is 8.28. The van der Waals surface area contributed by atoms with Gasteiger partial charge < -0.3 is 10.1 Å². The number of hydrogen-bond acceptors (Lipinski definition) is 5. The van der Waals surface area contributed by atoms with Gasteiger partial charge in [0, 0.05) is 31.4 Å². The van der Waals surface area contributed by atoms with Crippen molar-refractivity contribution in [3.05, 3.63) is 62.8 Å². The molecule has 21 heavy (non-hydrogen) atoms. The minimum atomic E-state index is -0.433. The van der Waals surface area contributed by atoms with E-state index in [1.165, 1.54) is 6.07 Å². The fourth-order valence-corrected chi connectivity index (χ4v) is 2.10. The molecule has 0 saturated carbocycles. The van der Waals surface area contributed by atoms with Gasteiger partial charge in [-0.25, -0.2) is 4.98 Å². The highest BCUT2D eigenvalue weighted by Gasteiger charge is 2.15. The number of nitro benzene ring substituents is 1. The Kier molecular flexibility index (Phi) is 5.08. The third-order valence-electron chi connectivity index (χ3n) is 2.93. The van der Waals surface area contributed by atoms with Crippen molar-refractivity contribution in [2.45, 2.75) is 13.1 Å². The number of methoxy groups -OCH3 is 1. The van der Waals surface area contributed by atoms with Crippen molar-refractivity contribution >= 4 is 17.3 Å². The van der Waals surface area contributed by atoms with Crippen LogP contribution in [0.2, 0.25) is 5.02 Å². The van der Waals surface area contributed by atoms with Gasteiger partial charge in [-0.3, -0.25) is 10.1 Å². The van der Waals surface area contributed by atoms with E-state index in [1.807, 2.05) is 6.07 Å². The summed E-state index contributed by atoms with van der Waals surface area (Å²) < 4.78 is 4.98. The first-order chi connectivity index (χ1) is 10.1. The van der Waals surface area contributed by atoms with Crippen LogP contribution >= 0.6 is 11.6 Å². The van der Waals surface area contributed by atoms with Crippen molar-refractivity contribution in [2.75, 3.05) is 7.11 Å². The zero-order valence-electron chi connectivity index (χ0n) is 11.4. The lowest BCUT2D eigenvalue weighted by Crippen LogP contribution is -2.14. The molecule has 110 valence electrons. The van der Waals surface area contributed by atoms with E-state index in [0.29, 0.717) is 29.6 Å². The number of ether oxygens (including phenoxy) is 1. The SMILES string of the molecule is COc1ccc(CNCc2c(Cl)cccc2[N+](=O)[O-])cn1. The summed E-state index contributed by atoms with van der Waals surface area (Å²) in [7, 11) is 1.55. The molecule has 0 spiro atoms. The van der Waals surface area contributed by atoms with Crippen molar-refractivity contribution in [3.8, 4) is 5.88 Å². The third-order valence-corrected chi connectivity index (χ3v) is 3.28. The summed E-state index contributed by atoms with van der Waals surface area (Å²) in [6.45, 7) is 0.835. The van der Waals surface area contributed by atoms with Crippen LogP contribution in [0.5, 0.6) is 5.88 Å². The summed E-state index contributed by atoms with van der Waals surface area (Å²) in [6.07, 6.45) is 1.69. The van der Waals surface area contributed by atoms with E-state index < -0.39 is 4.92 Å². The Bertz CT molecular complexity index is 632. The van der Waals surface area contributed by atoms with Crippen molar-refractivity contribution in [3.63, 3.8) is 0 Å². The molecule has 0 bridgehead atoms. The summed E-state index contributed by atoms with van der Waals surface area (Å²) >= 11 is 6.02. The van der Waals surface area contributed by atoms with Crippen LogP contribution in [0.25, 0.3) is 0 Å². The highest BCUT2D eigenvalue weighted by Crippen LogP contribution is 2.25. The average Bonchev–Trinajstić information content (AvgIpc) is 2.49. The maximum atomic E-state index is 11.0. The number of nitro groups is 1. The Balaban J connectivity index is 2.01. The van der Waals surface area contributed by atoms with Gasteiger partial charge in [0.15, 0.2) is 0 Å². The largest absolute Gasteiger partial charge is 0.481 e. The molecule has 0 aliphatic carbocycles. The molecule has 0 fully saturated rings. The number of halogens is 1. The molecule has 7 heteroatoms. The molecule has 6 nitrogen and oxygen atoms in total. The Morgan fingerprint density at radius 3 is 2.76 bits per heavy atom. The van der Waals surface area contributed by atoms with Gasteiger partial charge in [0.1, 0.15) is 0 Å². The Morgan fingerprint density at radius 2 is 2.14 bits per heavy atom. The highest BCUT2D eigenvalue weighted by molar-refractivity contribution is 6.31. The van der Waals surface area contributed by atoms with Crippen LogP contribution in [-0.4, -0.2) is 17.0 Å². The molecule has 0 saturated heterocycles. The molecular weight excluding hydrogens is 294 g/mol. The van der Waals surface area contributed by atoms with Crippen LogP contribution in [0.1, 0.15) is 11.1 Å². The highest BCUT2D eigenvalue weighted by atomic mass is 35.5. The van der Waals surface area contributed by atoms with E-state index in [0.717, 1.165) is 5.56 Å². The number of aromatic nitrogens is 1. The summed E-state index contributed by atoms with van der Waals surface area (Å²) in [5, 5.41) is 14.5. The van der Waals surface area contributed by atoms with E-state index in [1.54, 1.807) is 31.5 Å². The molecule has 0 aliphatic heterocycles. The minimum Gasteiger partial charge on any atom is -0.481 e. The topological polar surface area (TPSA) is 77.3 Å². The van der Waals surface area contributed by atoms with Gasteiger partial charge in [-0.15, -0.1) is 0 Å². The van der Waals surface area contributed by atoms with Crippen LogP contribution in [0, 0.1) is 10.1 Å². The van der Waals surface area contributed by atoms with Gasteiger partial charge in [0.2, 0.25) is 5.88 Å². The number of nitrogens with one attached hydrogen (secondary N) is 1. The fourth-order valence-electron chi connectivity index (χ4n) is 1.86. The molecule has 1 N–H and O–H groups in total. The molecule has 0 aliphatic rings. The van der Waals surface area contributed by atoms with E-state index in [4.69, 9.17) is 16.3 Å². The van der Waals surface area contributed by atoms with Crippen LogP contribution in [0.3, 0.4) is 0 Å². The normalized spacial score (nSPS) is 10.4. The smallest absolute Gasteiger partial charge is 0.275 e. The number of hydrogen-bond donors (Lipinski definition) is 1. The zero-order valence-corrected chi connectivity index (χ0v) is 12.1. The molecule has 0 radical (unpaired) electrons. The van der Waals surface area contributed by atoms with Crippen molar-refractivity contribution in [2.24, 2.45) is 0 Å². The molecule has 0 unspecified atom stereocenters. The first-order valence-corrected chi connectivity index (χ1v) is 6.61. The molecule has 0 amide bonds.